The first-order chi connectivity index (χ1) is 12.9. The van der Waals surface area contributed by atoms with E-state index in [4.69, 9.17) is 9.47 Å². The zero-order chi connectivity index (χ0) is 19.7. The first-order valence-electron chi connectivity index (χ1n) is 10.3. The van der Waals surface area contributed by atoms with Crippen molar-refractivity contribution in [1.82, 2.24) is 5.32 Å². The highest BCUT2D eigenvalue weighted by Gasteiger charge is 2.80. The molecule has 2 fully saturated rings. The van der Waals surface area contributed by atoms with Crippen LogP contribution < -0.4 is 5.32 Å². The van der Waals surface area contributed by atoms with E-state index >= 15 is 0 Å². The molecule has 6 nitrogen and oxygen atoms in total. The molecule has 2 saturated heterocycles. The maximum absolute atomic E-state index is 12.8. The van der Waals surface area contributed by atoms with E-state index in [1.807, 2.05) is 13.0 Å². The Bertz CT molecular complexity index is 644. The van der Waals surface area contributed by atoms with Crippen LogP contribution in [0.3, 0.4) is 0 Å². The van der Waals surface area contributed by atoms with Gasteiger partial charge in [-0.05, 0) is 32.6 Å². The SMILES string of the molecule is CCCCCC[C@H]1C(=O)N[C@]2(C(OC(C)=O)C3C=CCCC3)C(=O)O[C@@]12C. The molecule has 1 amide bonds. The second-order valence-corrected chi connectivity index (χ2v) is 8.25. The summed E-state index contributed by atoms with van der Waals surface area (Å²) < 4.78 is 11.3. The third-order valence-electron chi connectivity index (χ3n) is 6.46. The highest BCUT2D eigenvalue weighted by Crippen LogP contribution is 2.54. The number of hydrogen-bond acceptors (Lipinski definition) is 5. The summed E-state index contributed by atoms with van der Waals surface area (Å²) >= 11 is 0. The predicted molar refractivity (Wildman–Crippen MR) is 99.7 cm³/mol. The van der Waals surface area contributed by atoms with Gasteiger partial charge in [0, 0.05) is 12.8 Å². The number of esters is 2. The van der Waals surface area contributed by atoms with Gasteiger partial charge < -0.3 is 14.8 Å². The zero-order valence-electron chi connectivity index (χ0n) is 16.6. The van der Waals surface area contributed by atoms with Gasteiger partial charge in [0.25, 0.3) is 0 Å². The van der Waals surface area contributed by atoms with E-state index in [-0.39, 0.29) is 11.8 Å². The number of carbonyl (C=O) groups excluding carboxylic acids is 3. The number of fused-ring (bicyclic) bond motifs is 1. The summed E-state index contributed by atoms with van der Waals surface area (Å²) in [7, 11) is 0. The molecule has 150 valence electrons. The summed E-state index contributed by atoms with van der Waals surface area (Å²) in [5.41, 5.74) is -2.25. The van der Waals surface area contributed by atoms with Crippen LogP contribution in [0.4, 0.5) is 0 Å². The largest absolute Gasteiger partial charge is 0.459 e. The van der Waals surface area contributed by atoms with Gasteiger partial charge in [0.15, 0.2) is 5.60 Å². The van der Waals surface area contributed by atoms with Crippen molar-refractivity contribution >= 4 is 17.8 Å². The fourth-order valence-corrected chi connectivity index (χ4v) is 4.98. The van der Waals surface area contributed by atoms with E-state index < -0.39 is 35.1 Å². The standard InChI is InChI=1S/C21H31NO5/c1-4-5-6-10-13-16-18(24)22-21(19(25)27-20(16,21)3)17(26-14(2)23)15-11-8-7-9-12-15/h8,11,15-17H,4-7,9-10,12-13H2,1-3H3,(H,22,24)/t15?,16-,17?,20-,21+/m0/s1. The molecule has 3 aliphatic rings. The lowest BCUT2D eigenvalue weighted by molar-refractivity contribution is -0.241. The summed E-state index contributed by atoms with van der Waals surface area (Å²) in [6, 6.07) is 0. The average molecular weight is 377 g/mol. The van der Waals surface area contributed by atoms with Gasteiger partial charge in [-0.2, -0.15) is 0 Å². The number of nitrogens with one attached hydrogen (secondary N) is 1. The molecule has 27 heavy (non-hydrogen) atoms. The molecule has 0 saturated carbocycles. The Morgan fingerprint density at radius 1 is 1.37 bits per heavy atom. The smallest absolute Gasteiger partial charge is 0.340 e. The molecule has 2 aliphatic heterocycles. The number of rotatable bonds is 8. The van der Waals surface area contributed by atoms with Crippen LogP contribution in [-0.4, -0.2) is 35.1 Å². The molecule has 2 unspecified atom stereocenters. The Kier molecular flexibility index (Phi) is 5.63. The lowest BCUT2D eigenvalue weighted by Gasteiger charge is -2.55. The summed E-state index contributed by atoms with van der Waals surface area (Å²) in [5.74, 6) is -1.61. The molecule has 3 rings (SSSR count). The molecule has 6 heteroatoms. The van der Waals surface area contributed by atoms with Crippen LogP contribution in [0, 0.1) is 11.8 Å². The van der Waals surface area contributed by atoms with Crippen molar-refractivity contribution < 1.29 is 23.9 Å². The molecule has 0 aromatic carbocycles. The lowest BCUT2D eigenvalue weighted by atomic mass is 9.64. The Morgan fingerprint density at radius 3 is 2.74 bits per heavy atom. The van der Waals surface area contributed by atoms with Gasteiger partial charge in [-0.3, -0.25) is 9.59 Å². The van der Waals surface area contributed by atoms with Crippen LogP contribution in [0.25, 0.3) is 0 Å². The van der Waals surface area contributed by atoms with Crippen molar-refractivity contribution in [2.75, 3.05) is 0 Å². The van der Waals surface area contributed by atoms with E-state index in [2.05, 4.69) is 18.3 Å². The van der Waals surface area contributed by atoms with Crippen molar-refractivity contribution in [1.29, 1.82) is 0 Å². The highest BCUT2D eigenvalue weighted by molar-refractivity contribution is 6.02. The Hall–Kier alpha value is -1.85. The minimum absolute atomic E-state index is 0.103. The molecule has 1 aliphatic carbocycles. The average Bonchev–Trinajstić information content (AvgIpc) is 2.81. The van der Waals surface area contributed by atoms with Gasteiger partial charge in [0.1, 0.15) is 6.10 Å². The molecule has 2 heterocycles. The maximum atomic E-state index is 12.8. The molecular formula is C21H31NO5. The topological polar surface area (TPSA) is 81.7 Å². The first-order valence-corrected chi connectivity index (χ1v) is 10.3. The van der Waals surface area contributed by atoms with Gasteiger partial charge in [-0.15, -0.1) is 0 Å². The van der Waals surface area contributed by atoms with Crippen molar-refractivity contribution in [3.63, 3.8) is 0 Å². The number of hydrogen-bond donors (Lipinski definition) is 1. The third kappa shape index (κ3) is 3.17. The summed E-state index contributed by atoms with van der Waals surface area (Å²) in [6.45, 7) is 5.31. The van der Waals surface area contributed by atoms with Gasteiger partial charge in [0.2, 0.25) is 11.4 Å². The number of allylic oxidation sites excluding steroid dienone is 1. The van der Waals surface area contributed by atoms with Crippen LogP contribution in [0.15, 0.2) is 12.2 Å². The van der Waals surface area contributed by atoms with E-state index in [1.165, 1.54) is 6.92 Å². The van der Waals surface area contributed by atoms with Gasteiger partial charge in [0.05, 0.1) is 5.92 Å². The molecule has 0 aromatic rings. The van der Waals surface area contributed by atoms with Crippen molar-refractivity contribution in [3.8, 4) is 0 Å². The quantitative estimate of drug-likeness (QED) is 0.399. The van der Waals surface area contributed by atoms with Crippen LogP contribution in [0.2, 0.25) is 0 Å². The Morgan fingerprint density at radius 2 is 2.15 bits per heavy atom. The third-order valence-corrected chi connectivity index (χ3v) is 6.46. The monoisotopic (exact) mass is 377 g/mol. The summed E-state index contributed by atoms with van der Waals surface area (Å²) in [4.78, 5) is 37.4. The van der Waals surface area contributed by atoms with E-state index in [0.717, 1.165) is 44.9 Å². The molecule has 0 spiro atoms. The Balaban J connectivity index is 1.89. The number of amides is 1. The van der Waals surface area contributed by atoms with Gasteiger partial charge in [-0.1, -0.05) is 44.8 Å². The number of ether oxygens (including phenoxy) is 2. The van der Waals surface area contributed by atoms with Gasteiger partial charge in [-0.25, -0.2) is 4.79 Å². The van der Waals surface area contributed by atoms with Crippen LogP contribution >= 0.6 is 0 Å². The van der Waals surface area contributed by atoms with E-state index in [9.17, 15) is 14.4 Å². The molecule has 0 bridgehead atoms. The molecule has 0 aromatic heterocycles. The minimum Gasteiger partial charge on any atom is -0.459 e. The molecule has 5 atom stereocenters. The molecular weight excluding hydrogens is 346 g/mol. The van der Waals surface area contributed by atoms with E-state index in [1.54, 1.807) is 0 Å². The van der Waals surface area contributed by atoms with Crippen molar-refractivity contribution in [3.05, 3.63) is 12.2 Å². The molecule has 0 radical (unpaired) electrons. The summed E-state index contributed by atoms with van der Waals surface area (Å²) in [6.07, 6.45) is 11.0. The maximum Gasteiger partial charge on any atom is 0.340 e. The highest BCUT2D eigenvalue weighted by atomic mass is 16.6. The van der Waals surface area contributed by atoms with Crippen molar-refractivity contribution in [2.45, 2.75) is 89.4 Å². The Labute approximate surface area is 161 Å². The molecule has 1 N–H and O–H groups in total. The van der Waals surface area contributed by atoms with Crippen LogP contribution in [0.5, 0.6) is 0 Å². The number of carbonyl (C=O) groups is 3. The van der Waals surface area contributed by atoms with Crippen LogP contribution in [-0.2, 0) is 23.9 Å². The normalized spacial score (nSPS) is 35.7. The minimum atomic E-state index is -1.28. The predicted octanol–water partition coefficient (Wildman–Crippen LogP) is 3.05. The van der Waals surface area contributed by atoms with E-state index in [0.29, 0.717) is 6.42 Å². The second kappa shape index (κ2) is 7.64. The van der Waals surface area contributed by atoms with Crippen LogP contribution in [0.1, 0.15) is 72.1 Å². The first kappa shape index (κ1) is 19.9. The lowest BCUT2D eigenvalue weighted by Crippen LogP contribution is -2.80. The zero-order valence-corrected chi connectivity index (χ0v) is 16.6. The fourth-order valence-electron chi connectivity index (χ4n) is 4.98. The summed E-state index contributed by atoms with van der Waals surface area (Å²) in [5, 5.41) is 2.93. The van der Waals surface area contributed by atoms with Gasteiger partial charge >= 0.3 is 11.9 Å². The number of unbranched alkanes of at least 4 members (excludes halogenated alkanes) is 3. The van der Waals surface area contributed by atoms with Crippen molar-refractivity contribution in [2.24, 2.45) is 11.8 Å². The second-order valence-electron chi connectivity index (χ2n) is 8.25. The fraction of sp³-hybridized carbons (Fsp3) is 0.762.